The number of hydrogen-bond acceptors (Lipinski definition) is 4. The molecule has 0 saturated heterocycles. The Morgan fingerprint density at radius 1 is 1.09 bits per heavy atom. The molecule has 3 N–H and O–H groups in total. The number of allylic oxidation sites excluding steroid dienone is 1. The monoisotopic (exact) mass is 486 g/mol. The molecule has 1 unspecified atom stereocenters. The Kier molecular flexibility index (Phi) is 8.06. The third-order valence-corrected chi connectivity index (χ3v) is 5.26. The predicted molar refractivity (Wildman–Crippen MR) is 128 cm³/mol. The molecule has 0 aliphatic carbocycles. The van der Waals surface area contributed by atoms with Crippen molar-refractivity contribution in [3.63, 3.8) is 0 Å². The van der Waals surface area contributed by atoms with E-state index in [9.17, 15) is 23.2 Å². The van der Waals surface area contributed by atoms with Gasteiger partial charge in [-0.2, -0.15) is 0 Å². The molecule has 0 spiro atoms. The predicted octanol–water partition coefficient (Wildman–Crippen LogP) is 5.31. The van der Waals surface area contributed by atoms with Crippen LogP contribution in [0.1, 0.15) is 45.7 Å². The van der Waals surface area contributed by atoms with E-state index in [1.54, 1.807) is 45.0 Å². The first-order valence-corrected chi connectivity index (χ1v) is 11.2. The topological polar surface area (TPSA) is 99.8 Å². The lowest BCUT2D eigenvalue weighted by atomic mass is 9.94. The second-order valence-electron chi connectivity index (χ2n) is 8.32. The molecule has 1 aliphatic rings. The number of urea groups is 2. The molecular formula is C25H28F2N4O4. The zero-order chi connectivity index (χ0) is 25.7. The minimum absolute atomic E-state index is 0.0744. The van der Waals surface area contributed by atoms with Crippen LogP contribution in [0.15, 0.2) is 53.7 Å². The van der Waals surface area contributed by atoms with Crippen molar-refractivity contribution in [1.82, 2.24) is 10.2 Å². The number of rotatable bonds is 7. The highest BCUT2D eigenvalue weighted by Crippen LogP contribution is 2.32. The van der Waals surface area contributed by atoms with Crippen LogP contribution in [0.5, 0.6) is 0 Å². The Hall–Kier alpha value is -3.95. The van der Waals surface area contributed by atoms with Gasteiger partial charge in [0.2, 0.25) is 0 Å². The van der Waals surface area contributed by atoms with Crippen molar-refractivity contribution in [1.29, 1.82) is 0 Å². The molecule has 0 saturated carbocycles. The molecule has 8 nitrogen and oxygen atoms in total. The first kappa shape index (κ1) is 25.7. The quantitative estimate of drug-likeness (QED) is 0.462. The fraction of sp³-hybridized carbons (Fsp3) is 0.320. The van der Waals surface area contributed by atoms with E-state index in [2.05, 4.69) is 16.0 Å². The molecule has 0 aromatic heterocycles. The fourth-order valence-electron chi connectivity index (χ4n) is 3.73. The highest BCUT2D eigenvalue weighted by Gasteiger charge is 2.36. The zero-order valence-electron chi connectivity index (χ0n) is 19.9. The summed E-state index contributed by atoms with van der Waals surface area (Å²) in [6.45, 7) is 7.55. The number of hydrogen-bond donors (Lipinski definition) is 3. The number of carbonyl (C=O) groups is 3. The molecule has 0 radical (unpaired) electrons. The van der Waals surface area contributed by atoms with Crippen molar-refractivity contribution in [3.05, 3.63) is 70.9 Å². The van der Waals surface area contributed by atoms with E-state index >= 15 is 0 Å². The normalized spacial score (nSPS) is 15.7. The van der Waals surface area contributed by atoms with E-state index in [0.717, 1.165) is 12.1 Å². The molecule has 1 aliphatic heterocycles. The lowest BCUT2D eigenvalue weighted by molar-refractivity contribution is -0.143. The minimum Gasteiger partial charge on any atom is -0.459 e. The highest BCUT2D eigenvalue weighted by atomic mass is 19.2. The Morgan fingerprint density at radius 2 is 1.77 bits per heavy atom. The van der Waals surface area contributed by atoms with Crippen LogP contribution in [0.3, 0.4) is 0 Å². The summed E-state index contributed by atoms with van der Waals surface area (Å²) in [5, 5.41) is 7.89. The first-order chi connectivity index (χ1) is 16.6. The lowest BCUT2D eigenvalue weighted by Gasteiger charge is -2.35. The van der Waals surface area contributed by atoms with Gasteiger partial charge in [-0.15, -0.1) is 0 Å². The van der Waals surface area contributed by atoms with Gasteiger partial charge in [-0.1, -0.05) is 19.1 Å². The average molecular weight is 487 g/mol. The summed E-state index contributed by atoms with van der Waals surface area (Å²) in [7, 11) is 0. The van der Waals surface area contributed by atoms with Crippen molar-refractivity contribution in [3.8, 4) is 0 Å². The van der Waals surface area contributed by atoms with Crippen LogP contribution < -0.4 is 16.0 Å². The van der Waals surface area contributed by atoms with Crippen molar-refractivity contribution < 1.29 is 27.9 Å². The molecule has 1 heterocycles. The maximum absolute atomic E-state index is 13.4. The molecule has 2 aromatic carbocycles. The summed E-state index contributed by atoms with van der Waals surface area (Å²) in [5.41, 5.74) is 1.79. The number of ether oxygens (including phenoxy) is 1. The first-order valence-electron chi connectivity index (χ1n) is 11.2. The van der Waals surface area contributed by atoms with E-state index in [4.69, 9.17) is 4.74 Å². The van der Waals surface area contributed by atoms with Crippen LogP contribution >= 0.6 is 0 Å². The van der Waals surface area contributed by atoms with Gasteiger partial charge in [-0.05, 0) is 57.0 Å². The van der Waals surface area contributed by atoms with Crippen molar-refractivity contribution in [2.45, 2.75) is 46.3 Å². The molecule has 2 aromatic rings. The van der Waals surface area contributed by atoms with Gasteiger partial charge in [0.15, 0.2) is 11.6 Å². The van der Waals surface area contributed by atoms with E-state index in [-0.39, 0.29) is 17.8 Å². The van der Waals surface area contributed by atoms with Gasteiger partial charge < -0.3 is 20.7 Å². The van der Waals surface area contributed by atoms with E-state index in [1.807, 2.05) is 6.92 Å². The highest BCUT2D eigenvalue weighted by molar-refractivity contribution is 6.00. The van der Waals surface area contributed by atoms with E-state index in [0.29, 0.717) is 35.5 Å². The summed E-state index contributed by atoms with van der Waals surface area (Å²) >= 11 is 0. The fourth-order valence-corrected chi connectivity index (χ4v) is 3.73. The van der Waals surface area contributed by atoms with Gasteiger partial charge in [-0.3, -0.25) is 4.90 Å². The van der Waals surface area contributed by atoms with Gasteiger partial charge in [0.25, 0.3) is 0 Å². The summed E-state index contributed by atoms with van der Waals surface area (Å²) in [6, 6.07) is 7.80. The number of carbonyl (C=O) groups excluding carboxylic acids is 3. The van der Waals surface area contributed by atoms with Crippen molar-refractivity contribution in [2.75, 3.05) is 17.2 Å². The number of nitrogens with one attached hydrogen (secondary N) is 3. The maximum Gasteiger partial charge on any atom is 0.338 e. The van der Waals surface area contributed by atoms with Gasteiger partial charge in [-0.25, -0.2) is 23.2 Å². The SMILES string of the molecule is CCCN1C(=O)NC(c2cccc(NC(=O)Nc3ccc(F)c(F)c3)c2)C(C(=O)OC(C)C)=C1C. The van der Waals surface area contributed by atoms with Crippen LogP contribution in [0.4, 0.5) is 29.7 Å². The Morgan fingerprint density at radius 3 is 2.40 bits per heavy atom. The molecule has 0 bridgehead atoms. The minimum atomic E-state index is -1.09. The molecule has 1 atom stereocenters. The Labute approximate surface area is 202 Å². The largest absolute Gasteiger partial charge is 0.459 e. The van der Waals surface area contributed by atoms with Gasteiger partial charge >= 0.3 is 18.0 Å². The van der Waals surface area contributed by atoms with Crippen molar-refractivity contribution in [2.24, 2.45) is 0 Å². The molecule has 10 heteroatoms. The summed E-state index contributed by atoms with van der Waals surface area (Å²) in [5.74, 6) is -2.65. The average Bonchev–Trinajstić information content (AvgIpc) is 2.78. The second-order valence-corrected chi connectivity index (χ2v) is 8.32. The maximum atomic E-state index is 13.4. The molecule has 186 valence electrons. The number of benzene rings is 2. The van der Waals surface area contributed by atoms with Crippen LogP contribution in [-0.2, 0) is 9.53 Å². The summed E-state index contributed by atoms with van der Waals surface area (Å²) < 4.78 is 32.0. The smallest absolute Gasteiger partial charge is 0.338 e. The lowest BCUT2D eigenvalue weighted by Crippen LogP contribution is -2.48. The Bertz CT molecular complexity index is 1170. The van der Waals surface area contributed by atoms with E-state index in [1.165, 1.54) is 11.0 Å². The van der Waals surface area contributed by atoms with Crippen LogP contribution in [0.2, 0.25) is 0 Å². The number of nitrogens with zero attached hydrogens (tertiary/aromatic N) is 1. The number of esters is 1. The third-order valence-electron chi connectivity index (χ3n) is 5.26. The van der Waals surface area contributed by atoms with Gasteiger partial charge in [0.1, 0.15) is 0 Å². The summed E-state index contributed by atoms with van der Waals surface area (Å²) in [4.78, 5) is 39.6. The second kappa shape index (κ2) is 11.0. The molecule has 4 amide bonds. The van der Waals surface area contributed by atoms with Crippen molar-refractivity contribution >= 4 is 29.4 Å². The number of anilines is 2. The molecule has 0 fully saturated rings. The van der Waals surface area contributed by atoms with Gasteiger partial charge in [0, 0.05) is 29.7 Å². The van der Waals surface area contributed by atoms with E-state index < -0.39 is 29.7 Å². The molecular weight excluding hydrogens is 458 g/mol. The Balaban J connectivity index is 1.87. The zero-order valence-corrected chi connectivity index (χ0v) is 19.9. The van der Waals surface area contributed by atoms with Crippen LogP contribution in [0.25, 0.3) is 0 Å². The number of amides is 4. The molecule has 3 rings (SSSR count). The third kappa shape index (κ3) is 6.14. The van der Waals surface area contributed by atoms with Crippen LogP contribution in [-0.4, -0.2) is 35.6 Å². The summed E-state index contributed by atoms with van der Waals surface area (Å²) in [6.07, 6.45) is 0.350. The number of halogens is 2. The molecule has 35 heavy (non-hydrogen) atoms. The standard InChI is InChI=1S/C25H28F2N4O4/c1-5-11-31-15(4)21(23(32)35-14(2)3)22(30-25(31)34)16-7-6-8-17(12-16)28-24(33)29-18-9-10-19(26)20(27)13-18/h6-10,12-14,22H,5,11H2,1-4H3,(H,30,34)(H2,28,29,33). The van der Waals surface area contributed by atoms with Crippen LogP contribution in [0, 0.1) is 11.6 Å². The van der Waals surface area contributed by atoms with Gasteiger partial charge in [0.05, 0.1) is 17.7 Å².